The SMILES string of the molecule is C=Cc1cc([N+](=O)[O-])c(OC)cc1N1CCC(N2CCCCCOC2=O)CC1. The van der Waals surface area contributed by atoms with E-state index in [1.54, 1.807) is 12.1 Å². The summed E-state index contributed by atoms with van der Waals surface area (Å²) in [6, 6.07) is 3.37. The molecule has 152 valence electrons. The zero-order valence-electron chi connectivity index (χ0n) is 16.3. The Morgan fingerprint density at radius 1 is 1.25 bits per heavy atom. The van der Waals surface area contributed by atoms with Crippen LogP contribution >= 0.6 is 0 Å². The van der Waals surface area contributed by atoms with Gasteiger partial charge in [0.2, 0.25) is 0 Å². The van der Waals surface area contributed by atoms with E-state index in [1.807, 2.05) is 4.90 Å². The van der Waals surface area contributed by atoms with E-state index >= 15 is 0 Å². The van der Waals surface area contributed by atoms with Crippen LogP contribution in [0.25, 0.3) is 6.08 Å². The average Bonchev–Trinajstić information content (AvgIpc) is 2.70. The third-order valence-electron chi connectivity index (χ3n) is 5.49. The number of amides is 1. The first-order valence-corrected chi connectivity index (χ1v) is 9.72. The van der Waals surface area contributed by atoms with Crippen LogP contribution in [-0.4, -0.2) is 55.3 Å². The highest BCUT2D eigenvalue weighted by molar-refractivity contribution is 5.73. The van der Waals surface area contributed by atoms with Crippen molar-refractivity contribution in [1.29, 1.82) is 0 Å². The van der Waals surface area contributed by atoms with Crippen molar-refractivity contribution < 1.29 is 19.2 Å². The van der Waals surface area contributed by atoms with Gasteiger partial charge in [-0.05, 0) is 32.1 Å². The number of rotatable bonds is 5. The lowest BCUT2D eigenvalue weighted by Crippen LogP contribution is -2.48. The number of carbonyl (C=O) groups excluding carboxylic acids is 1. The zero-order valence-corrected chi connectivity index (χ0v) is 16.3. The normalized spacial score (nSPS) is 18.8. The molecular formula is C20H27N3O5. The minimum atomic E-state index is -0.449. The number of anilines is 1. The number of benzene rings is 1. The number of hydrogen-bond acceptors (Lipinski definition) is 6. The Labute approximate surface area is 164 Å². The van der Waals surface area contributed by atoms with Gasteiger partial charge < -0.3 is 19.3 Å². The highest BCUT2D eigenvalue weighted by atomic mass is 16.6. The number of piperidine rings is 1. The minimum Gasteiger partial charge on any atom is -0.490 e. The largest absolute Gasteiger partial charge is 0.490 e. The van der Waals surface area contributed by atoms with Gasteiger partial charge in [-0.15, -0.1) is 0 Å². The molecule has 1 aromatic rings. The van der Waals surface area contributed by atoms with Crippen LogP contribution in [0.4, 0.5) is 16.2 Å². The molecule has 0 unspecified atom stereocenters. The van der Waals surface area contributed by atoms with Crippen molar-refractivity contribution in [3.8, 4) is 5.75 Å². The molecule has 28 heavy (non-hydrogen) atoms. The third kappa shape index (κ3) is 4.21. The van der Waals surface area contributed by atoms with Gasteiger partial charge in [-0.1, -0.05) is 12.7 Å². The highest BCUT2D eigenvalue weighted by Gasteiger charge is 2.30. The van der Waals surface area contributed by atoms with Crippen LogP contribution in [0.15, 0.2) is 18.7 Å². The fraction of sp³-hybridized carbons (Fsp3) is 0.550. The molecule has 2 aliphatic heterocycles. The molecule has 2 fully saturated rings. The molecule has 2 aliphatic rings. The van der Waals surface area contributed by atoms with Crippen LogP contribution in [0.3, 0.4) is 0 Å². The lowest BCUT2D eigenvalue weighted by molar-refractivity contribution is -0.385. The maximum Gasteiger partial charge on any atom is 0.410 e. The van der Waals surface area contributed by atoms with E-state index in [-0.39, 0.29) is 23.6 Å². The van der Waals surface area contributed by atoms with Crippen molar-refractivity contribution in [3.63, 3.8) is 0 Å². The van der Waals surface area contributed by atoms with Crippen molar-refractivity contribution in [2.75, 3.05) is 38.3 Å². The van der Waals surface area contributed by atoms with Gasteiger partial charge in [-0.3, -0.25) is 10.1 Å². The lowest BCUT2D eigenvalue weighted by Gasteiger charge is -2.40. The second kappa shape index (κ2) is 8.95. The summed E-state index contributed by atoms with van der Waals surface area (Å²) in [5.74, 6) is 0.236. The summed E-state index contributed by atoms with van der Waals surface area (Å²) >= 11 is 0. The summed E-state index contributed by atoms with van der Waals surface area (Å²) in [7, 11) is 1.43. The second-order valence-electron chi connectivity index (χ2n) is 7.13. The summed E-state index contributed by atoms with van der Waals surface area (Å²) in [6.07, 6.45) is 6.09. The molecule has 0 saturated carbocycles. The smallest absolute Gasteiger partial charge is 0.410 e. The Balaban J connectivity index is 1.74. The number of carbonyl (C=O) groups is 1. The van der Waals surface area contributed by atoms with Crippen LogP contribution in [0.2, 0.25) is 0 Å². The molecule has 1 aromatic carbocycles. The second-order valence-corrected chi connectivity index (χ2v) is 7.13. The van der Waals surface area contributed by atoms with Gasteiger partial charge in [-0.25, -0.2) is 4.79 Å². The quantitative estimate of drug-likeness (QED) is 0.562. The van der Waals surface area contributed by atoms with Crippen molar-refractivity contribution in [2.24, 2.45) is 0 Å². The lowest BCUT2D eigenvalue weighted by atomic mass is 10.0. The first kappa shape index (κ1) is 20.0. The Morgan fingerprint density at radius 3 is 2.64 bits per heavy atom. The standard InChI is InChI=1S/C20H27N3O5/c1-3-15-13-18(23(25)26)19(27-2)14-17(15)21-10-7-16(8-11-21)22-9-5-4-6-12-28-20(22)24/h3,13-14,16H,1,4-12H2,2H3. The Morgan fingerprint density at radius 2 is 2.00 bits per heavy atom. The molecule has 0 radical (unpaired) electrons. The molecule has 0 spiro atoms. The third-order valence-corrected chi connectivity index (χ3v) is 5.49. The van der Waals surface area contributed by atoms with Crippen LogP contribution in [0.5, 0.6) is 5.75 Å². The van der Waals surface area contributed by atoms with Crippen molar-refractivity contribution >= 4 is 23.5 Å². The van der Waals surface area contributed by atoms with E-state index in [2.05, 4.69) is 11.5 Å². The van der Waals surface area contributed by atoms with Gasteiger partial charge >= 0.3 is 11.8 Å². The van der Waals surface area contributed by atoms with Gasteiger partial charge in [0.1, 0.15) is 0 Å². The average molecular weight is 389 g/mol. The molecule has 0 aliphatic carbocycles. The molecule has 2 heterocycles. The van der Waals surface area contributed by atoms with E-state index in [4.69, 9.17) is 9.47 Å². The molecule has 0 aromatic heterocycles. The summed E-state index contributed by atoms with van der Waals surface area (Å²) in [5.41, 5.74) is 1.50. The maximum absolute atomic E-state index is 12.3. The predicted octanol–water partition coefficient (Wildman–Crippen LogP) is 3.84. The number of ether oxygens (including phenoxy) is 2. The van der Waals surface area contributed by atoms with Gasteiger partial charge in [0, 0.05) is 49.1 Å². The molecule has 1 amide bonds. The Bertz CT molecular complexity index is 744. The van der Waals surface area contributed by atoms with Crippen LogP contribution < -0.4 is 9.64 Å². The number of hydrogen-bond donors (Lipinski definition) is 0. The highest BCUT2D eigenvalue weighted by Crippen LogP contribution is 2.37. The van der Waals surface area contributed by atoms with E-state index < -0.39 is 4.92 Å². The summed E-state index contributed by atoms with van der Waals surface area (Å²) in [4.78, 5) is 27.2. The number of nitro groups is 1. The van der Waals surface area contributed by atoms with Gasteiger partial charge in [-0.2, -0.15) is 0 Å². The van der Waals surface area contributed by atoms with Crippen LogP contribution in [0.1, 0.15) is 37.7 Å². The first-order valence-electron chi connectivity index (χ1n) is 9.72. The molecule has 2 saturated heterocycles. The summed E-state index contributed by atoms with van der Waals surface area (Å²) in [6.45, 7) is 6.54. The number of cyclic esters (lactones) is 1. The minimum absolute atomic E-state index is 0.0700. The summed E-state index contributed by atoms with van der Waals surface area (Å²) < 4.78 is 10.6. The van der Waals surface area contributed by atoms with Gasteiger partial charge in [0.15, 0.2) is 5.75 Å². The monoisotopic (exact) mass is 389 g/mol. The molecule has 0 bridgehead atoms. The maximum atomic E-state index is 12.3. The number of nitro benzene ring substituents is 1. The topological polar surface area (TPSA) is 85.2 Å². The number of nitrogens with zero attached hydrogens (tertiary/aromatic N) is 3. The predicted molar refractivity (Wildman–Crippen MR) is 107 cm³/mol. The van der Waals surface area contributed by atoms with Crippen molar-refractivity contribution in [2.45, 2.75) is 38.1 Å². The van der Waals surface area contributed by atoms with E-state index in [0.717, 1.165) is 57.4 Å². The molecule has 3 rings (SSSR count). The fourth-order valence-electron chi connectivity index (χ4n) is 3.96. The zero-order chi connectivity index (χ0) is 20.1. The molecule has 0 atom stereocenters. The van der Waals surface area contributed by atoms with Gasteiger partial charge in [0.25, 0.3) is 0 Å². The Kier molecular flexibility index (Phi) is 6.38. The van der Waals surface area contributed by atoms with E-state index in [1.165, 1.54) is 13.2 Å². The molecular weight excluding hydrogens is 362 g/mol. The Hall–Kier alpha value is -2.77. The van der Waals surface area contributed by atoms with Crippen LogP contribution in [-0.2, 0) is 4.74 Å². The van der Waals surface area contributed by atoms with Gasteiger partial charge in [0.05, 0.1) is 18.6 Å². The fourth-order valence-corrected chi connectivity index (χ4v) is 3.96. The van der Waals surface area contributed by atoms with E-state index in [9.17, 15) is 14.9 Å². The van der Waals surface area contributed by atoms with Crippen molar-refractivity contribution in [1.82, 2.24) is 4.90 Å². The van der Waals surface area contributed by atoms with E-state index in [0.29, 0.717) is 12.2 Å². The molecule has 8 heteroatoms. The molecule has 0 N–H and O–H groups in total. The van der Waals surface area contributed by atoms with Crippen molar-refractivity contribution in [3.05, 3.63) is 34.4 Å². The van der Waals surface area contributed by atoms with Crippen LogP contribution in [0, 0.1) is 10.1 Å². The molecule has 8 nitrogen and oxygen atoms in total. The summed E-state index contributed by atoms with van der Waals surface area (Å²) in [5, 5.41) is 11.3. The number of methoxy groups -OCH3 is 1. The first-order chi connectivity index (χ1) is 13.5.